The van der Waals surface area contributed by atoms with Gasteiger partial charge in [0.05, 0.1) is 18.4 Å². The smallest absolute Gasteiger partial charge is 0.144 e. The minimum Gasteiger partial charge on any atom is -0.489 e. The molecular formula is C15H25N3O2. The average Bonchev–Trinajstić information content (AvgIpc) is 2.42. The van der Waals surface area contributed by atoms with Crippen LogP contribution in [-0.4, -0.2) is 55.4 Å². The molecule has 1 aromatic rings. The standard InChI is InChI=1S/C15H25N3O2/c1-12(2)20-15-11-13(3-4-14(15)16)18-7-5-17(6-8-18)9-10-19/h3-4,11-12,19H,5-10,16H2,1-2H3. The maximum absolute atomic E-state index is 8.97. The Morgan fingerprint density at radius 2 is 1.95 bits per heavy atom. The highest BCUT2D eigenvalue weighted by atomic mass is 16.5. The Hall–Kier alpha value is -1.46. The summed E-state index contributed by atoms with van der Waals surface area (Å²) in [6.45, 7) is 8.87. The SMILES string of the molecule is CC(C)Oc1cc(N2CCN(CCO)CC2)ccc1N. The third-order valence-electron chi connectivity index (χ3n) is 3.51. The molecule has 0 bridgehead atoms. The first-order valence-corrected chi connectivity index (χ1v) is 7.24. The summed E-state index contributed by atoms with van der Waals surface area (Å²) in [4.78, 5) is 4.61. The Labute approximate surface area is 120 Å². The van der Waals surface area contributed by atoms with E-state index in [1.807, 2.05) is 32.0 Å². The summed E-state index contributed by atoms with van der Waals surface area (Å²) in [5.74, 6) is 0.760. The molecule has 5 nitrogen and oxygen atoms in total. The molecule has 0 saturated carbocycles. The molecule has 1 aliphatic heterocycles. The molecule has 0 aromatic heterocycles. The Balaban J connectivity index is 2.02. The van der Waals surface area contributed by atoms with Gasteiger partial charge in [-0.15, -0.1) is 0 Å². The van der Waals surface area contributed by atoms with Gasteiger partial charge in [0, 0.05) is 44.5 Å². The van der Waals surface area contributed by atoms with Crippen LogP contribution in [0.1, 0.15) is 13.8 Å². The molecule has 0 radical (unpaired) electrons. The number of anilines is 2. The highest BCUT2D eigenvalue weighted by Gasteiger charge is 2.17. The van der Waals surface area contributed by atoms with Crippen molar-refractivity contribution in [1.82, 2.24) is 4.90 Å². The van der Waals surface area contributed by atoms with Gasteiger partial charge in [-0.25, -0.2) is 0 Å². The summed E-state index contributed by atoms with van der Waals surface area (Å²) in [7, 11) is 0. The van der Waals surface area contributed by atoms with Crippen LogP contribution >= 0.6 is 0 Å². The van der Waals surface area contributed by atoms with Crippen molar-refractivity contribution < 1.29 is 9.84 Å². The van der Waals surface area contributed by atoms with Crippen LogP contribution in [0, 0.1) is 0 Å². The summed E-state index contributed by atoms with van der Waals surface area (Å²) in [6.07, 6.45) is 0.119. The quantitative estimate of drug-likeness (QED) is 0.792. The lowest BCUT2D eigenvalue weighted by Gasteiger charge is -2.36. The number of ether oxygens (including phenoxy) is 1. The second-order valence-corrected chi connectivity index (χ2v) is 5.44. The van der Waals surface area contributed by atoms with Crippen molar-refractivity contribution in [2.24, 2.45) is 0 Å². The second-order valence-electron chi connectivity index (χ2n) is 5.44. The number of nitrogens with two attached hydrogens (primary N) is 1. The predicted octanol–water partition coefficient (Wildman–Crippen LogP) is 1.17. The summed E-state index contributed by atoms with van der Waals surface area (Å²) in [5, 5.41) is 8.97. The molecule has 1 saturated heterocycles. The molecule has 0 unspecified atom stereocenters. The lowest BCUT2D eigenvalue weighted by atomic mass is 10.2. The molecular weight excluding hydrogens is 254 g/mol. The van der Waals surface area contributed by atoms with Crippen molar-refractivity contribution in [3.05, 3.63) is 18.2 Å². The van der Waals surface area contributed by atoms with E-state index in [0.717, 1.165) is 44.2 Å². The third kappa shape index (κ3) is 3.77. The van der Waals surface area contributed by atoms with Crippen LogP contribution in [0.2, 0.25) is 0 Å². The van der Waals surface area contributed by atoms with Gasteiger partial charge < -0.3 is 20.5 Å². The Kier molecular flexibility index (Phi) is 5.09. The van der Waals surface area contributed by atoms with Crippen molar-refractivity contribution in [1.29, 1.82) is 0 Å². The fraction of sp³-hybridized carbons (Fsp3) is 0.600. The minimum absolute atomic E-state index is 0.119. The fourth-order valence-corrected chi connectivity index (χ4v) is 2.45. The number of hydrogen-bond acceptors (Lipinski definition) is 5. The molecule has 0 amide bonds. The molecule has 0 atom stereocenters. The molecule has 1 aliphatic rings. The summed E-state index contributed by atoms with van der Waals surface area (Å²) >= 11 is 0. The van der Waals surface area contributed by atoms with E-state index in [2.05, 4.69) is 9.80 Å². The number of piperazine rings is 1. The zero-order chi connectivity index (χ0) is 14.5. The van der Waals surface area contributed by atoms with Gasteiger partial charge in [-0.2, -0.15) is 0 Å². The molecule has 1 heterocycles. The number of hydrogen-bond donors (Lipinski definition) is 2. The zero-order valence-electron chi connectivity index (χ0n) is 12.4. The summed E-state index contributed by atoms with van der Waals surface area (Å²) in [6, 6.07) is 5.98. The van der Waals surface area contributed by atoms with Crippen molar-refractivity contribution in [3.8, 4) is 5.75 Å². The van der Waals surface area contributed by atoms with Gasteiger partial charge in [-0.3, -0.25) is 4.90 Å². The normalized spacial score (nSPS) is 16.7. The van der Waals surface area contributed by atoms with Crippen LogP contribution in [0.5, 0.6) is 5.75 Å². The van der Waals surface area contributed by atoms with Crippen LogP contribution in [0.4, 0.5) is 11.4 Å². The van der Waals surface area contributed by atoms with Gasteiger partial charge >= 0.3 is 0 Å². The number of rotatable bonds is 5. The van der Waals surface area contributed by atoms with E-state index in [0.29, 0.717) is 5.69 Å². The van der Waals surface area contributed by atoms with Crippen LogP contribution in [-0.2, 0) is 0 Å². The first kappa shape index (κ1) is 14.9. The van der Waals surface area contributed by atoms with Gasteiger partial charge in [-0.05, 0) is 26.0 Å². The highest BCUT2D eigenvalue weighted by molar-refractivity contribution is 5.62. The van der Waals surface area contributed by atoms with Crippen molar-refractivity contribution in [2.45, 2.75) is 20.0 Å². The maximum atomic E-state index is 8.97. The molecule has 0 spiro atoms. The van der Waals surface area contributed by atoms with Crippen molar-refractivity contribution in [2.75, 3.05) is 50.0 Å². The molecule has 112 valence electrons. The van der Waals surface area contributed by atoms with Crippen LogP contribution in [0.15, 0.2) is 18.2 Å². The third-order valence-corrected chi connectivity index (χ3v) is 3.51. The van der Waals surface area contributed by atoms with Crippen LogP contribution in [0.25, 0.3) is 0 Å². The number of benzene rings is 1. The Morgan fingerprint density at radius 1 is 1.25 bits per heavy atom. The van der Waals surface area contributed by atoms with Gasteiger partial charge in [0.1, 0.15) is 5.75 Å². The van der Waals surface area contributed by atoms with E-state index in [1.165, 1.54) is 0 Å². The number of aliphatic hydroxyl groups is 1. The summed E-state index contributed by atoms with van der Waals surface area (Å²) < 4.78 is 5.74. The average molecular weight is 279 g/mol. The van der Waals surface area contributed by atoms with E-state index in [4.69, 9.17) is 15.6 Å². The Morgan fingerprint density at radius 3 is 2.55 bits per heavy atom. The van der Waals surface area contributed by atoms with Crippen LogP contribution < -0.4 is 15.4 Å². The number of nitrogen functional groups attached to an aromatic ring is 1. The number of aliphatic hydroxyl groups excluding tert-OH is 1. The molecule has 5 heteroatoms. The lowest BCUT2D eigenvalue weighted by molar-refractivity contribution is 0.188. The molecule has 0 aliphatic carbocycles. The van der Waals surface area contributed by atoms with Crippen molar-refractivity contribution >= 4 is 11.4 Å². The molecule has 1 aromatic carbocycles. The predicted molar refractivity (Wildman–Crippen MR) is 82.4 cm³/mol. The monoisotopic (exact) mass is 279 g/mol. The van der Waals surface area contributed by atoms with Gasteiger partial charge in [-0.1, -0.05) is 0 Å². The van der Waals surface area contributed by atoms with E-state index in [9.17, 15) is 0 Å². The van der Waals surface area contributed by atoms with Gasteiger partial charge in [0.25, 0.3) is 0 Å². The van der Waals surface area contributed by atoms with Gasteiger partial charge in [0.2, 0.25) is 0 Å². The second kappa shape index (κ2) is 6.81. The summed E-state index contributed by atoms with van der Waals surface area (Å²) in [5.41, 5.74) is 7.78. The van der Waals surface area contributed by atoms with Crippen LogP contribution in [0.3, 0.4) is 0 Å². The molecule has 1 fully saturated rings. The highest BCUT2D eigenvalue weighted by Crippen LogP contribution is 2.29. The Bertz CT molecular complexity index is 429. The molecule has 3 N–H and O–H groups in total. The molecule has 2 rings (SSSR count). The number of β-amino-alcohol motifs (C(OH)–C–C–N with tert-alkyl or cyclic N) is 1. The van der Waals surface area contributed by atoms with Crippen molar-refractivity contribution in [3.63, 3.8) is 0 Å². The largest absolute Gasteiger partial charge is 0.489 e. The number of nitrogens with zero attached hydrogens (tertiary/aromatic N) is 2. The van der Waals surface area contributed by atoms with E-state index < -0.39 is 0 Å². The zero-order valence-corrected chi connectivity index (χ0v) is 12.4. The molecule has 20 heavy (non-hydrogen) atoms. The maximum Gasteiger partial charge on any atom is 0.144 e. The van der Waals surface area contributed by atoms with Gasteiger partial charge in [0.15, 0.2) is 0 Å². The lowest BCUT2D eigenvalue weighted by Crippen LogP contribution is -2.47. The topological polar surface area (TPSA) is 62.0 Å². The first-order chi connectivity index (χ1) is 9.60. The van der Waals surface area contributed by atoms with E-state index in [1.54, 1.807) is 0 Å². The minimum atomic E-state index is 0.119. The fourth-order valence-electron chi connectivity index (χ4n) is 2.45. The van der Waals surface area contributed by atoms with E-state index in [-0.39, 0.29) is 12.7 Å². The first-order valence-electron chi connectivity index (χ1n) is 7.24. The van der Waals surface area contributed by atoms with E-state index >= 15 is 0 Å².